The Hall–Kier alpha value is -2.08. The molecule has 0 aliphatic carbocycles. The Morgan fingerprint density at radius 2 is 2.21 bits per heavy atom. The Labute approximate surface area is 113 Å². The van der Waals surface area contributed by atoms with Gasteiger partial charge in [-0.2, -0.15) is 4.68 Å². The Bertz CT molecular complexity index is 655. The largest absolute Gasteiger partial charge is 0.493 e. The summed E-state index contributed by atoms with van der Waals surface area (Å²) >= 11 is 5.88. The number of carbonyl (C=O) groups is 1. The summed E-state index contributed by atoms with van der Waals surface area (Å²) in [6.07, 6.45) is 0. The van der Waals surface area contributed by atoms with E-state index >= 15 is 0 Å². The monoisotopic (exact) mass is 284 g/mol. The molecule has 1 aromatic carbocycles. The predicted octanol–water partition coefficient (Wildman–Crippen LogP) is 2.60. The topological polar surface area (TPSA) is 64.3 Å². The maximum absolute atomic E-state index is 13.0. The van der Waals surface area contributed by atoms with E-state index in [1.54, 1.807) is 0 Å². The molecule has 0 unspecified atom stereocenters. The van der Waals surface area contributed by atoms with Crippen molar-refractivity contribution in [2.45, 2.75) is 13.8 Å². The molecule has 0 aliphatic rings. The second-order valence-electron chi connectivity index (χ2n) is 3.85. The Morgan fingerprint density at radius 1 is 1.53 bits per heavy atom. The molecule has 1 heterocycles. The maximum Gasteiger partial charge on any atom is 0.309 e. The summed E-state index contributed by atoms with van der Waals surface area (Å²) in [5.41, 5.74) is 0.567. The van der Waals surface area contributed by atoms with Gasteiger partial charge in [-0.3, -0.25) is 4.79 Å². The van der Waals surface area contributed by atoms with E-state index in [-0.39, 0.29) is 28.0 Å². The smallest absolute Gasteiger partial charge is 0.309 e. The average molecular weight is 285 g/mol. The van der Waals surface area contributed by atoms with Crippen molar-refractivity contribution >= 4 is 17.6 Å². The first kappa shape index (κ1) is 13.4. The van der Waals surface area contributed by atoms with E-state index in [1.165, 1.54) is 26.0 Å². The molecule has 2 aromatic rings. The molecule has 0 amide bonds. The third kappa shape index (κ3) is 2.53. The lowest BCUT2D eigenvalue weighted by atomic mass is 10.3. The van der Waals surface area contributed by atoms with Crippen molar-refractivity contribution in [3.05, 3.63) is 34.6 Å². The SMILES string of the molecule is CC(=O)Oc1nn(-c2ccc(F)cc2Cl)c(O)c1C. The first-order valence-electron chi connectivity index (χ1n) is 5.32. The molecular weight excluding hydrogens is 275 g/mol. The Kier molecular flexibility index (Phi) is 3.44. The minimum atomic E-state index is -0.557. The van der Waals surface area contributed by atoms with E-state index in [4.69, 9.17) is 16.3 Å². The zero-order valence-corrected chi connectivity index (χ0v) is 10.9. The van der Waals surface area contributed by atoms with Gasteiger partial charge in [-0.1, -0.05) is 11.6 Å². The lowest BCUT2D eigenvalue weighted by molar-refractivity contribution is -0.132. The summed E-state index contributed by atoms with van der Waals surface area (Å²) in [5.74, 6) is -1.31. The van der Waals surface area contributed by atoms with Gasteiger partial charge in [0.1, 0.15) is 5.82 Å². The first-order chi connectivity index (χ1) is 8.90. The molecule has 100 valence electrons. The van der Waals surface area contributed by atoms with E-state index in [0.717, 1.165) is 10.7 Å². The molecule has 0 bridgehead atoms. The average Bonchev–Trinajstić information content (AvgIpc) is 2.57. The van der Waals surface area contributed by atoms with Crippen LogP contribution in [0.1, 0.15) is 12.5 Å². The molecule has 0 saturated heterocycles. The normalized spacial score (nSPS) is 10.5. The number of hydrogen-bond acceptors (Lipinski definition) is 4. The number of aromatic nitrogens is 2. The Balaban J connectivity index is 2.53. The number of rotatable bonds is 2. The van der Waals surface area contributed by atoms with Gasteiger partial charge in [-0.05, 0) is 25.1 Å². The van der Waals surface area contributed by atoms with E-state index in [1.807, 2.05) is 0 Å². The molecule has 1 N–H and O–H groups in total. The quantitative estimate of drug-likeness (QED) is 0.861. The van der Waals surface area contributed by atoms with Gasteiger partial charge in [-0.25, -0.2) is 4.39 Å². The summed E-state index contributed by atoms with van der Waals surface area (Å²) in [4.78, 5) is 10.9. The highest BCUT2D eigenvalue weighted by molar-refractivity contribution is 6.32. The molecule has 1 aromatic heterocycles. The lowest BCUT2D eigenvalue weighted by Gasteiger charge is -2.05. The number of aromatic hydroxyl groups is 1. The van der Waals surface area contributed by atoms with Crippen LogP contribution in [-0.4, -0.2) is 20.9 Å². The van der Waals surface area contributed by atoms with Crippen molar-refractivity contribution in [1.29, 1.82) is 0 Å². The molecule has 0 atom stereocenters. The van der Waals surface area contributed by atoms with Gasteiger partial charge in [0.2, 0.25) is 11.8 Å². The molecule has 0 spiro atoms. The second-order valence-corrected chi connectivity index (χ2v) is 4.26. The van der Waals surface area contributed by atoms with Crippen LogP contribution in [0.15, 0.2) is 18.2 Å². The third-order valence-corrected chi connectivity index (χ3v) is 2.73. The van der Waals surface area contributed by atoms with E-state index in [2.05, 4.69) is 5.10 Å². The molecule has 0 radical (unpaired) electrons. The van der Waals surface area contributed by atoms with E-state index in [0.29, 0.717) is 0 Å². The summed E-state index contributed by atoms with van der Waals surface area (Å²) < 4.78 is 18.9. The number of halogens is 2. The summed E-state index contributed by atoms with van der Waals surface area (Å²) in [5, 5.41) is 13.9. The predicted molar refractivity (Wildman–Crippen MR) is 66.2 cm³/mol. The van der Waals surface area contributed by atoms with Crippen LogP contribution in [-0.2, 0) is 4.79 Å². The first-order valence-corrected chi connectivity index (χ1v) is 5.70. The van der Waals surface area contributed by atoms with Crippen LogP contribution in [0.2, 0.25) is 5.02 Å². The molecule has 19 heavy (non-hydrogen) atoms. The number of nitrogens with zero attached hydrogens (tertiary/aromatic N) is 2. The van der Waals surface area contributed by atoms with Crippen LogP contribution in [0, 0.1) is 12.7 Å². The van der Waals surface area contributed by atoms with Crippen LogP contribution in [0.5, 0.6) is 11.8 Å². The fourth-order valence-electron chi connectivity index (χ4n) is 1.52. The van der Waals surface area contributed by atoms with Crippen LogP contribution in [0.3, 0.4) is 0 Å². The minimum absolute atomic E-state index is 0.0228. The zero-order chi connectivity index (χ0) is 14.2. The second kappa shape index (κ2) is 4.89. The number of ether oxygens (including phenoxy) is 1. The highest BCUT2D eigenvalue weighted by Crippen LogP contribution is 2.32. The van der Waals surface area contributed by atoms with Gasteiger partial charge in [-0.15, -0.1) is 5.10 Å². The molecule has 0 aliphatic heterocycles. The summed E-state index contributed by atoms with van der Waals surface area (Å²) in [7, 11) is 0. The fourth-order valence-corrected chi connectivity index (χ4v) is 1.77. The van der Waals surface area contributed by atoms with Gasteiger partial charge in [0.05, 0.1) is 16.3 Å². The molecule has 5 nitrogen and oxygen atoms in total. The highest BCUT2D eigenvalue weighted by Gasteiger charge is 2.19. The van der Waals surface area contributed by atoms with Crippen molar-refractivity contribution in [3.63, 3.8) is 0 Å². The van der Waals surface area contributed by atoms with Gasteiger partial charge < -0.3 is 9.84 Å². The van der Waals surface area contributed by atoms with Gasteiger partial charge in [0.25, 0.3) is 0 Å². The molecule has 7 heteroatoms. The van der Waals surface area contributed by atoms with Crippen LogP contribution >= 0.6 is 11.6 Å². The van der Waals surface area contributed by atoms with Gasteiger partial charge >= 0.3 is 5.97 Å². The minimum Gasteiger partial charge on any atom is -0.493 e. The molecule has 0 saturated carbocycles. The van der Waals surface area contributed by atoms with Crippen molar-refractivity contribution in [1.82, 2.24) is 9.78 Å². The van der Waals surface area contributed by atoms with Crippen LogP contribution < -0.4 is 4.74 Å². The lowest BCUT2D eigenvalue weighted by Crippen LogP contribution is -2.04. The Morgan fingerprint density at radius 3 is 2.79 bits per heavy atom. The van der Waals surface area contributed by atoms with E-state index in [9.17, 15) is 14.3 Å². The molecule has 0 fully saturated rings. The van der Waals surface area contributed by atoms with Crippen molar-refractivity contribution in [2.24, 2.45) is 0 Å². The molecule has 2 rings (SSSR count). The number of esters is 1. The van der Waals surface area contributed by atoms with Crippen LogP contribution in [0.4, 0.5) is 4.39 Å². The van der Waals surface area contributed by atoms with Crippen molar-refractivity contribution < 1.29 is 19.0 Å². The summed E-state index contributed by atoms with van der Waals surface area (Å²) in [6, 6.07) is 3.64. The van der Waals surface area contributed by atoms with Crippen LogP contribution in [0.25, 0.3) is 5.69 Å². The van der Waals surface area contributed by atoms with Gasteiger partial charge in [0, 0.05) is 6.92 Å². The zero-order valence-electron chi connectivity index (χ0n) is 10.1. The number of hydrogen-bond donors (Lipinski definition) is 1. The van der Waals surface area contributed by atoms with Crippen molar-refractivity contribution in [3.8, 4) is 17.4 Å². The third-order valence-electron chi connectivity index (χ3n) is 2.43. The van der Waals surface area contributed by atoms with Crippen molar-refractivity contribution in [2.75, 3.05) is 0 Å². The number of carbonyl (C=O) groups excluding carboxylic acids is 1. The molecular formula is C12H10ClFN2O3. The standard InChI is InChI=1S/C12H10ClFN2O3/c1-6-11(19-7(2)17)15-16(12(6)18)10-4-3-8(14)5-9(10)13/h3-5,18H,1-2H3. The number of benzene rings is 1. The maximum atomic E-state index is 13.0. The fraction of sp³-hybridized carbons (Fsp3) is 0.167. The van der Waals surface area contributed by atoms with Gasteiger partial charge in [0.15, 0.2) is 0 Å². The summed E-state index contributed by atoms with van der Waals surface area (Å²) in [6.45, 7) is 2.76. The van der Waals surface area contributed by atoms with E-state index < -0.39 is 11.8 Å². The highest BCUT2D eigenvalue weighted by atomic mass is 35.5.